The highest BCUT2D eigenvalue weighted by Gasteiger charge is 2.20. The van der Waals surface area contributed by atoms with Crippen molar-refractivity contribution >= 4 is 10.9 Å². The Morgan fingerprint density at radius 2 is 1.97 bits per heavy atom. The van der Waals surface area contributed by atoms with E-state index < -0.39 is 0 Å². The maximum Gasteiger partial charge on any atom is 0.0991 e. The van der Waals surface area contributed by atoms with Crippen LogP contribution in [-0.4, -0.2) is 45.1 Å². The van der Waals surface area contributed by atoms with Gasteiger partial charge in [0.25, 0.3) is 0 Å². The first-order valence-corrected chi connectivity index (χ1v) is 11.9. The average molecular weight is 428 g/mol. The molecule has 4 aromatic rings. The molecule has 0 aliphatic carbocycles. The van der Waals surface area contributed by atoms with Gasteiger partial charge < -0.3 is 19.8 Å². The third kappa shape index (κ3) is 4.79. The van der Waals surface area contributed by atoms with Crippen LogP contribution in [0.1, 0.15) is 43.4 Å². The molecule has 1 atom stereocenters. The largest absolute Gasteiger partial charge is 0.361 e. The molecule has 3 heterocycles. The van der Waals surface area contributed by atoms with Crippen molar-refractivity contribution in [2.75, 3.05) is 19.6 Å². The summed E-state index contributed by atoms with van der Waals surface area (Å²) in [5.74, 6) is 0. The quantitative estimate of drug-likeness (QED) is 0.411. The van der Waals surface area contributed by atoms with Crippen molar-refractivity contribution < 1.29 is 0 Å². The van der Waals surface area contributed by atoms with Gasteiger partial charge in [0.15, 0.2) is 0 Å². The predicted octanol–water partition coefficient (Wildman–Crippen LogP) is 5.10. The van der Waals surface area contributed by atoms with Crippen LogP contribution < -0.4 is 5.32 Å². The number of aromatic amines is 1. The number of rotatable bonds is 8. The number of hydrogen-bond acceptors (Lipinski definition) is 3. The summed E-state index contributed by atoms with van der Waals surface area (Å²) in [7, 11) is 0. The number of nitrogens with one attached hydrogen (secondary N) is 2. The molecule has 5 heteroatoms. The highest BCUT2D eigenvalue weighted by Crippen LogP contribution is 2.23. The molecule has 0 radical (unpaired) electrons. The molecular formula is C27H33N5. The first-order chi connectivity index (χ1) is 15.8. The fourth-order valence-corrected chi connectivity index (χ4v) is 4.95. The van der Waals surface area contributed by atoms with Gasteiger partial charge in [0, 0.05) is 47.3 Å². The smallest absolute Gasteiger partial charge is 0.0991 e. The molecule has 2 aromatic heterocycles. The lowest BCUT2D eigenvalue weighted by Crippen LogP contribution is -2.43. The first-order valence-electron chi connectivity index (χ1n) is 11.9. The second-order valence-electron chi connectivity index (χ2n) is 9.03. The monoisotopic (exact) mass is 427 g/mol. The van der Waals surface area contributed by atoms with Gasteiger partial charge in [0.1, 0.15) is 0 Å². The molecule has 2 N–H and O–H groups in total. The van der Waals surface area contributed by atoms with Crippen LogP contribution in [0.4, 0.5) is 0 Å². The molecule has 166 valence electrons. The summed E-state index contributed by atoms with van der Waals surface area (Å²) >= 11 is 0. The molecule has 2 aromatic carbocycles. The number of H-pyrrole nitrogens is 1. The molecule has 0 spiro atoms. The Morgan fingerprint density at radius 3 is 2.75 bits per heavy atom. The number of aryl methyl sites for hydroxylation is 1. The van der Waals surface area contributed by atoms with Gasteiger partial charge in [0.2, 0.25) is 0 Å². The normalized spacial score (nSPS) is 16.5. The minimum Gasteiger partial charge on any atom is -0.361 e. The second kappa shape index (κ2) is 9.72. The minimum atomic E-state index is 0.418. The van der Waals surface area contributed by atoms with Crippen molar-refractivity contribution in [2.45, 2.75) is 44.7 Å². The highest BCUT2D eigenvalue weighted by molar-refractivity contribution is 5.85. The van der Waals surface area contributed by atoms with E-state index in [2.05, 4.69) is 86.4 Å². The number of fused-ring (bicyclic) bond motifs is 1. The molecule has 5 rings (SSSR count). The van der Waals surface area contributed by atoms with Crippen molar-refractivity contribution in [3.8, 4) is 5.69 Å². The summed E-state index contributed by atoms with van der Waals surface area (Å²) < 4.78 is 2.06. The van der Waals surface area contributed by atoms with Crippen LogP contribution in [-0.2, 0) is 6.42 Å². The average Bonchev–Trinajstić information content (AvgIpc) is 3.51. The molecule has 0 saturated carbocycles. The predicted molar refractivity (Wildman–Crippen MR) is 131 cm³/mol. The lowest BCUT2D eigenvalue weighted by Gasteiger charge is -2.34. The van der Waals surface area contributed by atoms with Gasteiger partial charge in [-0.15, -0.1) is 0 Å². The Labute approximate surface area is 190 Å². The Kier molecular flexibility index (Phi) is 6.37. The number of benzene rings is 2. The van der Waals surface area contributed by atoms with E-state index in [1.807, 2.05) is 18.7 Å². The molecule has 0 amide bonds. The molecule has 1 saturated heterocycles. The second-order valence-corrected chi connectivity index (χ2v) is 9.03. The number of aromatic nitrogens is 3. The van der Waals surface area contributed by atoms with E-state index in [4.69, 9.17) is 0 Å². The zero-order valence-corrected chi connectivity index (χ0v) is 18.9. The van der Waals surface area contributed by atoms with Gasteiger partial charge in [-0.25, -0.2) is 4.98 Å². The number of imidazole rings is 1. The minimum absolute atomic E-state index is 0.418. The fourth-order valence-electron chi connectivity index (χ4n) is 4.95. The van der Waals surface area contributed by atoms with E-state index in [1.165, 1.54) is 60.9 Å². The van der Waals surface area contributed by atoms with Gasteiger partial charge in [-0.1, -0.05) is 30.3 Å². The van der Waals surface area contributed by atoms with E-state index in [-0.39, 0.29) is 0 Å². The van der Waals surface area contributed by atoms with Crippen LogP contribution in [0.5, 0.6) is 0 Å². The summed E-state index contributed by atoms with van der Waals surface area (Å²) in [6.07, 6.45) is 12.6. The van der Waals surface area contributed by atoms with E-state index in [0.717, 1.165) is 12.1 Å². The zero-order valence-electron chi connectivity index (χ0n) is 18.9. The van der Waals surface area contributed by atoms with Gasteiger partial charge >= 0.3 is 0 Å². The molecule has 0 bridgehead atoms. The number of hydrogen-bond donors (Lipinski definition) is 2. The van der Waals surface area contributed by atoms with Gasteiger partial charge in [-0.3, -0.25) is 0 Å². The van der Waals surface area contributed by atoms with Gasteiger partial charge in [0.05, 0.1) is 6.33 Å². The fraction of sp³-hybridized carbons (Fsp3) is 0.370. The standard InChI is InChI=1S/C27H33N5/c1-21(22-6-3-2-4-7-22)30-24-11-15-31(16-12-24)14-5-8-23-19-29-27-10-9-25(18-26(23)27)32-17-13-28-20-32/h2-4,6-7,9-10,13,17-21,24,29-30H,5,8,11-12,14-16H2,1H3/t21-/m1/s1. The Hall–Kier alpha value is -2.89. The van der Waals surface area contributed by atoms with E-state index in [1.54, 1.807) is 0 Å². The third-order valence-corrected chi connectivity index (χ3v) is 6.85. The van der Waals surface area contributed by atoms with Crippen molar-refractivity contribution in [2.24, 2.45) is 0 Å². The van der Waals surface area contributed by atoms with E-state index in [0.29, 0.717) is 12.1 Å². The maximum atomic E-state index is 4.17. The first kappa shape index (κ1) is 21.0. The van der Waals surface area contributed by atoms with Crippen molar-refractivity contribution in [1.82, 2.24) is 24.8 Å². The third-order valence-electron chi connectivity index (χ3n) is 6.85. The van der Waals surface area contributed by atoms with E-state index in [9.17, 15) is 0 Å². The van der Waals surface area contributed by atoms with E-state index >= 15 is 0 Å². The molecule has 1 aliphatic heterocycles. The highest BCUT2D eigenvalue weighted by atomic mass is 15.1. The summed E-state index contributed by atoms with van der Waals surface area (Å²) in [5.41, 5.74) is 5.17. The number of nitrogens with zero attached hydrogens (tertiary/aromatic N) is 3. The Morgan fingerprint density at radius 1 is 1.12 bits per heavy atom. The molecular weight excluding hydrogens is 394 g/mol. The van der Waals surface area contributed by atoms with Crippen LogP contribution in [0, 0.1) is 0 Å². The number of likely N-dealkylation sites (tertiary alicyclic amines) is 1. The van der Waals surface area contributed by atoms with Gasteiger partial charge in [-0.2, -0.15) is 0 Å². The number of piperidine rings is 1. The van der Waals surface area contributed by atoms with Crippen molar-refractivity contribution in [3.05, 3.63) is 84.6 Å². The molecule has 0 unspecified atom stereocenters. The van der Waals surface area contributed by atoms with Crippen molar-refractivity contribution in [1.29, 1.82) is 0 Å². The van der Waals surface area contributed by atoms with Gasteiger partial charge in [-0.05, 0) is 81.6 Å². The summed E-state index contributed by atoms with van der Waals surface area (Å²) in [4.78, 5) is 10.2. The lowest BCUT2D eigenvalue weighted by atomic mass is 10.0. The van der Waals surface area contributed by atoms with Crippen LogP contribution in [0.3, 0.4) is 0 Å². The summed E-state index contributed by atoms with van der Waals surface area (Å²) in [5, 5.41) is 5.16. The lowest BCUT2D eigenvalue weighted by molar-refractivity contribution is 0.190. The van der Waals surface area contributed by atoms with Crippen LogP contribution >= 0.6 is 0 Å². The molecule has 32 heavy (non-hydrogen) atoms. The summed E-state index contributed by atoms with van der Waals surface area (Å²) in [6.45, 7) is 5.84. The van der Waals surface area contributed by atoms with Crippen LogP contribution in [0.15, 0.2) is 73.4 Å². The maximum absolute atomic E-state index is 4.17. The SMILES string of the molecule is C[C@@H](NC1CCN(CCCc2c[nH]c3ccc(-n4ccnc4)cc23)CC1)c1ccccc1. The Bertz CT molecular complexity index is 1110. The summed E-state index contributed by atoms with van der Waals surface area (Å²) in [6, 6.07) is 18.4. The zero-order chi connectivity index (χ0) is 21.8. The molecule has 1 fully saturated rings. The molecule has 5 nitrogen and oxygen atoms in total. The Balaban J connectivity index is 1.10. The molecule has 1 aliphatic rings. The van der Waals surface area contributed by atoms with Crippen LogP contribution in [0.2, 0.25) is 0 Å². The topological polar surface area (TPSA) is 48.9 Å². The van der Waals surface area contributed by atoms with Crippen LogP contribution in [0.25, 0.3) is 16.6 Å². The van der Waals surface area contributed by atoms with Crippen molar-refractivity contribution in [3.63, 3.8) is 0 Å².